The molecule has 2 heterocycles. The highest BCUT2D eigenvalue weighted by atomic mass is 16.5. The molecule has 6 nitrogen and oxygen atoms in total. The third-order valence-corrected chi connectivity index (χ3v) is 3.66. The van der Waals surface area contributed by atoms with Gasteiger partial charge >= 0.3 is 6.09 Å². The van der Waals surface area contributed by atoms with Crippen LogP contribution in [0.15, 0.2) is 12.1 Å². The number of carboxylic acid groups (broad SMARTS) is 1. The number of hydrogen-bond donors (Lipinski definition) is 1. The van der Waals surface area contributed by atoms with Crippen LogP contribution < -0.4 is 9.47 Å². The maximum absolute atomic E-state index is 11.1. The van der Waals surface area contributed by atoms with Gasteiger partial charge in [-0.2, -0.15) is 4.98 Å². The van der Waals surface area contributed by atoms with Crippen molar-refractivity contribution in [1.29, 1.82) is 0 Å². The lowest BCUT2D eigenvalue weighted by molar-refractivity contribution is 0.0974. The minimum atomic E-state index is -0.951. The van der Waals surface area contributed by atoms with Crippen molar-refractivity contribution in [1.82, 2.24) is 9.88 Å². The summed E-state index contributed by atoms with van der Waals surface area (Å²) in [4.78, 5) is 16.7. The van der Waals surface area contributed by atoms with E-state index in [1.807, 2.05) is 13.0 Å². The quantitative estimate of drug-likeness (QED) is 0.908. The van der Waals surface area contributed by atoms with Crippen molar-refractivity contribution in [2.24, 2.45) is 5.41 Å². The Morgan fingerprint density at radius 3 is 2.81 bits per heavy atom. The first-order chi connectivity index (χ1) is 9.77. The van der Waals surface area contributed by atoms with E-state index >= 15 is 0 Å². The van der Waals surface area contributed by atoms with Gasteiger partial charge in [0.15, 0.2) is 0 Å². The fourth-order valence-corrected chi connectivity index (χ4v) is 1.82. The van der Waals surface area contributed by atoms with Crippen molar-refractivity contribution < 1.29 is 19.4 Å². The molecule has 1 aromatic rings. The van der Waals surface area contributed by atoms with Crippen LogP contribution in [0, 0.1) is 5.41 Å². The number of rotatable bonds is 2. The topological polar surface area (TPSA) is 71.9 Å². The molecule has 1 N–H and O–H groups in total. The van der Waals surface area contributed by atoms with Gasteiger partial charge in [0.1, 0.15) is 12.7 Å². The van der Waals surface area contributed by atoms with Crippen LogP contribution in [-0.2, 0) is 6.54 Å². The molecule has 0 bridgehead atoms. The van der Waals surface area contributed by atoms with Gasteiger partial charge in [0.05, 0.1) is 13.1 Å². The number of carbonyl (C=O) groups is 1. The van der Waals surface area contributed by atoms with Crippen molar-refractivity contribution in [3.05, 3.63) is 17.7 Å². The van der Waals surface area contributed by atoms with Gasteiger partial charge in [-0.15, -0.1) is 0 Å². The molecule has 0 saturated carbocycles. The van der Waals surface area contributed by atoms with E-state index in [4.69, 9.17) is 14.6 Å². The van der Waals surface area contributed by atoms with Gasteiger partial charge in [-0.1, -0.05) is 20.8 Å². The molecule has 1 unspecified atom stereocenters. The molecule has 0 spiro atoms. The maximum Gasteiger partial charge on any atom is 0.407 e. The largest absolute Gasteiger partial charge is 0.475 e. The van der Waals surface area contributed by atoms with E-state index < -0.39 is 6.09 Å². The first-order valence-corrected chi connectivity index (χ1v) is 7.04. The van der Waals surface area contributed by atoms with E-state index in [2.05, 4.69) is 25.8 Å². The number of fused-ring (bicyclic) bond motifs is 1. The molecule has 0 aromatic carbocycles. The van der Waals surface area contributed by atoms with Crippen molar-refractivity contribution >= 4 is 6.09 Å². The first-order valence-electron chi connectivity index (χ1n) is 7.04. The highest BCUT2D eigenvalue weighted by Gasteiger charge is 2.24. The lowest BCUT2D eigenvalue weighted by Crippen LogP contribution is -2.30. The average molecular weight is 294 g/mol. The molecule has 6 heteroatoms. The van der Waals surface area contributed by atoms with Crippen LogP contribution in [0.3, 0.4) is 0 Å². The summed E-state index contributed by atoms with van der Waals surface area (Å²) >= 11 is 0. The van der Waals surface area contributed by atoms with Crippen LogP contribution in [0.25, 0.3) is 0 Å². The molecule has 0 fully saturated rings. The fourth-order valence-electron chi connectivity index (χ4n) is 1.82. The zero-order valence-corrected chi connectivity index (χ0v) is 12.9. The third-order valence-electron chi connectivity index (χ3n) is 3.66. The molecule has 0 aliphatic carbocycles. The summed E-state index contributed by atoms with van der Waals surface area (Å²) in [6, 6.07) is 3.57. The number of pyridine rings is 1. The van der Waals surface area contributed by atoms with Gasteiger partial charge in [-0.3, -0.25) is 0 Å². The van der Waals surface area contributed by atoms with Gasteiger partial charge in [0.25, 0.3) is 0 Å². The van der Waals surface area contributed by atoms with Gasteiger partial charge in [-0.25, -0.2) is 4.79 Å². The maximum atomic E-state index is 11.1. The van der Waals surface area contributed by atoms with Crippen LogP contribution >= 0.6 is 0 Å². The van der Waals surface area contributed by atoms with E-state index in [9.17, 15) is 4.79 Å². The molecule has 1 aliphatic rings. The Balaban J connectivity index is 2.16. The number of hydrogen-bond acceptors (Lipinski definition) is 4. The highest BCUT2D eigenvalue weighted by molar-refractivity contribution is 5.65. The van der Waals surface area contributed by atoms with Crippen LogP contribution in [0.1, 0.15) is 33.3 Å². The van der Waals surface area contributed by atoms with Gasteiger partial charge in [0.2, 0.25) is 11.8 Å². The molecule has 1 aromatic heterocycles. The molecular weight excluding hydrogens is 272 g/mol. The zero-order valence-electron chi connectivity index (χ0n) is 12.9. The summed E-state index contributed by atoms with van der Waals surface area (Å²) < 4.78 is 11.4. The Kier molecular flexibility index (Phi) is 4.25. The fraction of sp³-hybridized carbons (Fsp3) is 0.600. The summed E-state index contributed by atoms with van der Waals surface area (Å²) in [5.74, 6) is 0.956. The third kappa shape index (κ3) is 3.77. The second-order valence-corrected chi connectivity index (χ2v) is 6.29. The minimum absolute atomic E-state index is 0.00402. The molecule has 1 atom stereocenters. The lowest BCUT2D eigenvalue weighted by atomic mass is 9.90. The van der Waals surface area contributed by atoms with Gasteiger partial charge in [-0.05, 0) is 18.4 Å². The summed E-state index contributed by atoms with van der Waals surface area (Å²) in [6.07, 6.45) is -0.947. The van der Waals surface area contributed by atoms with Crippen molar-refractivity contribution in [3.63, 3.8) is 0 Å². The molecule has 21 heavy (non-hydrogen) atoms. The number of aromatic nitrogens is 1. The van der Waals surface area contributed by atoms with E-state index in [1.54, 1.807) is 6.07 Å². The minimum Gasteiger partial charge on any atom is -0.475 e. The Bertz CT molecular complexity index is 525. The molecule has 0 radical (unpaired) electrons. The first kappa shape index (κ1) is 15.4. The molecule has 2 rings (SSSR count). The molecule has 0 saturated heterocycles. The van der Waals surface area contributed by atoms with Crippen molar-refractivity contribution in [2.45, 2.75) is 40.3 Å². The van der Waals surface area contributed by atoms with Crippen LogP contribution in [0.2, 0.25) is 0 Å². The molecule has 1 aliphatic heterocycles. The lowest BCUT2D eigenvalue weighted by Gasteiger charge is -2.27. The van der Waals surface area contributed by atoms with Crippen LogP contribution in [-0.4, -0.2) is 40.3 Å². The van der Waals surface area contributed by atoms with Crippen molar-refractivity contribution in [2.75, 3.05) is 13.2 Å². The summed E-state index contributed by atoms with van der Waals surface area (Å²) in [5.41, 5.74) is 0.765. The number of ether oxygens (including phenoxy) is 2. The normalized spacial score (nSPS) is 16.5. The van der Waals surface area contributed by atoms with Crippen LogP contribution in [0.4, 0.5) is 4.79 Å². The van der Waals surface area contributed by atoms with E-state index in [1.165, 1.54) is 4.90 Å². The zero-order chi connectivity index (χ0) is 15.6. The average Bonchev–Trinajstić information content (AvgIpc) is 2.59. The SMILES string of the molecule is CC(Oc1ccc2c(n1)OCCN(C(=O)O)C2)C(C)(C)C. The molecular formula is C15H22N2O4. The Morgan fingerprint density at radius 1 is 1.48 bits per heavy atom. The summed E-state index contributed by atoms with van der Waals surface area (Å²) in [7, 11) is 0. The van der Waals surface area contributed by atoms with Gasteiger partial charge < -0.3 is 19.5 Å². The predicted molar refractivity (Wildman–Crippen MR) is 77.7 cm³/mol. The molecule has 116 valence electrons. The summed E-state index contributed by atoms with van der Waals surface area (Å²) in [6.45, 7) is 9.21. The Hall–Kier alpha value is -1.98. The second kappa shape index (κ2) is 5.79. The second-order valence-electron chi connectivity index (χ2n) is 6.29. The number of amides is 1. The van der Waals surface area contributed by atoms with Crippen molar-refractivity contribution in [3.8, 4) is 11.8 Å². The van der Waals surface area contributed by atoms with Crippen LogP contribution in [0.5, 0.6) is 11.8 Å². The predicted octanol–water partition coefficient (Wildman–Crippen LogP) is 2.77. The van der Waals surface area contributed by atoms with E-state index in [-0.39, 0.29) is 18.1 Å². The Labute approximate surface area is 124 Å². The van der Waals surface area contributed by atoms with E-state index in [0.29, 0.717) is 24.9 Å². The molecule has 1 amide bonds. The standard InChI is InChI=1S/C15H22N2O4/c1-10(15(2,3)4)21-12-6-5-11-9-17(14(18)19)7-8-20-13(11)16-12/h5-6,10H,7-9H2,1-4H3,(H,18,19). The number of nitrogens with zero attached hydrogens (tertiary/aromatic N) is 2. The smallest absolute Gasteiger partial charge is 0.407 e. The Morgan fingerprint density at radius 2 is 2.19 bits per heavy atom. The summed E-state index contributed by atoms with van der Waals surface area (Å²) in [5, 5.41) is 9.08. The monoisotopic (exact) mass is 294 g/mol. The van der Waals surface area contributed by atoms with Gasteiger partial charge in [0, 0.05) is 11.6 Å². The highest BCUT2D eigenvalue weighted by Crippen LogP contribution is 2.27. The van der Waals surface area contributed by atoms with E-state index in [0.717, 1.165) is 5.56 Å².